The van der Waals surface area contributed by atoms with E-state index in [4.69, 9.17) is 13.9 Å². The molecule has 0 radical (unpaired) electrons. The van der Waals surface area contributed by atoms with Crippen LogP contribution in [0.25, 0.3) is 0 Å². The summed E-state index contributed by atoms with van der Waals surface area (Å²) in [7, 11) is 0. The van der Waals surface area contributed by atoms with E-state index in [9.17, 15) is 4.79 Å². The van der Waals surface area contributed by atoms with Gasteiger partial charge in [0, 0.05) is 25.6 Å². The van der Waals surface area contributed by atoms with E-state index in [0.29, 0.717) is 44.6 Å². The molecule has 32 heavy (non-hydrogen) atoms. The van der Waals surface area contributed by atoms with Gasteiger partial charge in [0.05, 0.1) is 18.6 Å². The molecule has 168 valence electrons. The number of likely N-dealkylation sites (tertiary alicyclic amines) is 1. The van der Waals surface area contributed by atoms with Crippen molar-refractivity contribution in [3.05, 3.63) is 84.8 Å². The van der Waals surface area contributed by atoms with Crippen LogP contribution in [-0.2, 0) is 14.9 Å². The van der Waals surface area contributed by atoms with Crippen molar-refractivity contribution in [3.63, 3.8) is 0 Å². The summed E-state index contributed by atoms with van der Waals surface area (Å²) in [5.41, 5.74) is 0.546. The Morgan fingerprint density at radius 2 is 2.12 bits per heavy atom. The predicted molar refractivity (Wildman–Crippen MR) is 120 cm³/mol. The maximum Gasteiger partial charge on any atom is 0.311 e. The lowest BCUT2D eigenvalue weighted by molar-refractivity contribution is 0.0553. The molecule has 1 aromatic carbocycles. The van der Waals surface area contributed by atoms with Crippen molar-refractivity contribution in [2.75, 3.05) is 32.9 Å². The van der Waals surface area contributed by atoms with E-state index in [1.807, 2.05) is 30.3 Å². The first kappa shape index (κ1) is 22.0. The average molecular weight is 436 g/mol. The van der Waals surface area contributed by atoms with E-state index >= 15 is 0 Å². The monoisotopic (exact) mass is 435 g/mol. The molecule has 0 spiro atoms. The molecular formula is C25H29N3O4. The maximum absolute atomic E-state index is 13.1. The zero-order valence-electron chi connectivity index (χ0n) is 18.2. The van der Waals surface area contributed by atoms with Gasteiger partial charge in [0.15, 0.2) is 0 Å². The quantitative estimate of drug-likeness (QED) is 0.462. The normalized spacial score (nSPS) is 23.7. The van der Waals surface area contributed by atoms with Crippen LogP contribution in [0.15, 0.2) is 71.9 Å². The molecule has 1 amide bonds. The molecule has 0 N–H and O–H groups in total. The minimum atomic E-state index is -0.510. The first-order valence-electron chi connectivity index (χ1n) is 11.0. The molecule has 2 unspecified atom stereocenters. The third kappa shape index (κ3) is 4.53. The Kier molecular flexibility index (Phi) is 6.85. The number of allylic oxidation sites excluding steroid dienone is 3. The molecule has 7 heteroatoms. The Labute approximate surface area is 188 Å². The van der Waals surface area contributed by atoms with Crippen LogP contribution in [0, 0.1) is 5.92 Å². The van der Waals surface area contributed by atoms with Crippen LogP contribution in [0.2, 0.25) is 0 Å². The van der Waals surface area contributed by atoms with Crippen LogP contribution in [0.3, 0.4) is 0 Å². The molecule has 2 aliphatic rings. The van der Waals surface area contributed by atoms with E-state index in [0.717, 1.165) is 24.8 Å². The van der Waals surface area contributed by atoms with E-state index in [2.05, 4.69) is 23.4 Å². The average Bonchev–Trinajstić information content (AvgIpc) is 3.53. The second-order valence-electron chi connectivity index (χ2n) is 8.24. The largest absolute Gasteiger partial charge is 0.493 e. The lowest BCUT2D eigenvalue weighted by Gasteiger charge is -2.31. The summed E-state index contributed by atoms with van der Waals surface area (Å²) in [5, 5.41) is 8.39. The molecule has 7 nitrogen and oxygen atoms in total. The van der Waals surface area contributed by atoms with Crippen molar-refractivity contribution in [2.45, 2.75) is 24.7 Å². The van der Waals surface area contributed by atoms with Crippen LogP contribution in [0.1, 0.15) is 41.4 Å². The lowest BCUT2D eigenvalue weighted by Crippen LogP contribution is -2.41. The van der Waals surface area contributed by atoms with Gasteiger partial charge in [0.25, 0.3) is 0 Å². The second kappa shape index (κ2) is 9.96. The highest BCUT2D eigenvalue weighted by molar-refractivity contribution is 5.89. The molecule has 0 bridgehead atoms. The smallest absolute Gasteiger partial charge is 0.311 e. The number of rotatable bonds is 8. The summed E-state index contributed by atoms with van der Waals surface area (Å²) in [5.74, 6) is 1.13. The van der Waals surface area contributed by atoms with Gasteiger partial charge in [0.1, 0.15) is 5.76 Å². The van der Waals surface area contributed by atoms with Crippen molar-refractivity contribution in [2.24, 2.45) is 5.92 Å². The summed E-state index contributed by atoms with van der Waals surface area (Å²) in [6.45, 7) is 10.3. The summed E-state index contributed by atoms with van der Waals surface area (Å²) < 4.78 is 17.5. The predicted octanol–water partition coefficient (Wildman–Crippen LogP) is 3.90. The number of aromatic nitrogens is 2. The summed E-state index contributed by atoms with van der Waals surface area (Å²) in [6.07, 6.45) is 7.72. The molecule has 1 aromatic heterocycles. The SMILES string of the molecule is C=C/C=C(\C=C)OCC1CCCN(C(=O)c2nnc(C3(c4ccccc4)CCOC3)o2)C1. The molecule has 2 atom stereocenters. The molecule has 2 saturated heterocycles. The standard InChI is InChI=1S/C25H29N3O4/c1-3-9-21(4-2)31-17-19-10-8-14-28(16-19)23(29)22-26-27-24(32-22)25(13-15-30-18-25)20-11-6-5-7-12-20/h3-7,9,11-12,19H,1-2,8,10,13-18H2/b21-9+. The van der Waals surface area contributed by atoms with Crippen molar-refractivity contribution in [1.29, 1.82) is 0 Å². The number of hydrogen-bond donors (Lipinski definition) is 0. The summed E-state index contributed by atoms with van der Waals surface area (Å²) in [6, 6.07) is 10.0. The molecule has 2 aromatic rings. The van der Waals surface area contributed by atoms with Gasteiger partial charge in [-0.1, -0.05) is 49.6 Å². The zero-order chi connectivity index (χ0) is 22.4. The number of ether oxygens (including phenoxy) is 2. The van der Waals surface area contributed by atoms with Crippen LogP contribution >= 0.6 is 0 Å². The summed E-state index contributed by atoms with van der Waals surface area (Å²) >= 11 is 0. The van der Waals surface area contributed by atoms with Gasteiger partial charge in [-0.2, -0.15) is 0 Å². The zero-order valence-corrected chi connectivity index (χ0v) is 18.2. The highest BCUT2D eigenvalue weighted by atomic mass is 16.5. The molecular weight excluding hydrogens is 406 g/mol. The van der Waals surface area contributed by atoms with Gasteiger partial charge >= 0.3 is 11.8 Å². The van der Waals surface area contributed by atoms with Gasteiger partial charge < -0.3 is 18.8 Å². The number of benzene rings is 1. The first-order chi connectivity index (χ1) is 15.7. The van der Waals surface area contributed by atoms with Crippen molar-refractivity contribution in [1.82, 2.24) is 15.1 Å². The fraction of sp³-hybridized carbons (Fsp3) is 0.400. The third-order valence-electron chi connectivity index (χ3n) is 6.14. The molecule has 4 rings (SSSR count). The molecule has 0 saturated carbocycles. The number of piperidine rings is 1. The van der Waals surface area contributed by atoms with Crippen LogP contribution in [-0.4, -0.2) is 53.9 Å². The molecule has 3 heterocycles. The van der Waals surface area contributed by atoms with Gasteiger partial charge in [-0.15, -0.1) is 10.2 Å². The minimum absolute atomic E-state index is 0.0297. The summed E-state index contributed by atoms with van der Waals surface area (Å²) in [4.78, 5) is 14.9. The Balaban J connectivity index is 1.46. The first-order valence-corrected chi connectivity index (χ1v) is 11.0. The van der Waals surface area contributed by atoms with E-state index in [-0.39, 0.29) is 17.7 Å². The van der Waals surface area contributed by atoms with E-state index < -0.39 is 5.41 Å². The molecule has 2 fully saturated rings. The van der Waals surface area contributed by atoms with Crippen LogP contribution in [0.4, 0.5) is 0 Å². The van der Waals surface area contributed by atoms with Crippen LogP contribution in [0.5, 0.6) is 0 Å². The highest BCUT2D eigenvalue weighted by Crippen LogP contribution is 2.39. The van der Waals surface area contributed by atoms with Gasteiger partial charge in [-0.3, -0.25) is 4.79 Å². The maximum atomic E-state index is 13.1. The minimum Gasteiger partial charge on any atom is -0.493 e. The Hall–Kier alpha value is -3.19. The number of carbonyl (C=O) groups is 1. The topological polar surface area (TPSA) is 77.7 Å². The van der Waals surface area contributed by atoms with Crippen LogP contribution < -0.4 is 0 Å². The Morgan fingerprint density at radius 3 is 2.84 bits per heavy atom. The number of amides is 1. The number of carbonyl (C=O) groups excluding carboxylic acids is 1. The van der Waals surface area contributed by atoms with E-state index in [1.165, 1.54) is 0 Å². The Morgan fingerprint density at radius 1 is 1.28 bits per heavy atom. The van der Waals surface area contributed by atoms with Crippen molar-refractivity contribution >= 4 is 5.91 Å². The second-order valence-corrected chi connectivity index (χ2v) is 8.24. The van der Waals surface area contributed by atoms with Crippen molar-refractivity contribution < 1.29 is 18.7 Å². The molecule has 2 aliphatic heterocycles. The Bertz CT molecular complexity index is 976. The fourth-order valence-corrected chi connectivity index (χ4v) is 4.37. The fourth-order valence-electron chi connectivity index (χ4n) is 4.37. The van der Waals surface area contributed by atoms with Gasteiger partial charge in [-0.25, -0.2) is 0 Å². The third-order valence-corrected chi connectivity index (χ3v) is 6.14. The lowest BCUT2D eigenvalue weighted by atomic mass is 9.80. The number of hydrogen-bond acceptors (Lipinski definition) is 6. The van der Waals surface area contributed by atoms with Gasteiger partial charge in [-0.05, 0) is 37.0 Å². The number of nitrogens with zero attached hydrogens (tertiary/aromatic N) is 3. The van der Waals surface area contributed by atoms with Gasteiger partial charge in [0.2, 0.25) is 5.89 Å². The highest BCUT2D eigenvalue weighted by Gasteiger charge is 2.44. The molecule has 0 aliphatic carbocycles. The van der Waals surface area contributed by atoms with Crippen molar-refractivity contribution in [3.8, 4) is 0 Å². The van der Waals surface area contributed by atoms with E-state index in [1.54, 1.807) is 23.1 Å².